The van der Waals surface area contributed by atoms with Gasteiger partial charge in [0.2, 0.25) is 0 Å². The third-order valence-electron chi connectivity index (χ3n) is 4.67. The van der Waals surface area contributed by atoms with Crippen LogP contribution in [0, 0.1) is 5.92 Å². The maximum Gasteiger partial charge on any atom is 0.413 e. The summed E-state index contributed by atoms with van der Waals surface area (Å²) in [5, 5.41) is 4.58. The van der Waals surface area contributed by atoms with Gasteiger partial charge in [-0.25, -0.2) is 9.59 Å². The Morgan fingerprint density at radius 2 is 2.00 bits per heavy atom. The smallest absolute Gasteiger partial charge is 0.413 e. The predicted molar refractivity (Wildman–Crippen MR) is 86.7 cm³/mol. The Kier molecular flexibility index (Phi) is 6.17. The predicted octanol–water partition coefficient (Wildman–Crippen LogP) is 0.303. The number of alkyl carbamates (subject to hydrolysis) is 1. The van der Waals surface area contributed by atoms with E-state index in [1.54, 1.807) is 6.92 Å². The van der Waals surface area contributed by atoms with E-state index in [9.17, 15) is 24.0 Å². The van der Waals surface area contributed by atoms with Gasteiger partial charge in [-0.05, 0) is 25.7 Å². The van der Waals surface area contributed by atoms with Crippen molar-refractivity contribution in [3.05, 3.63) is 0 Å². The number of hydrogen-bond acceptors (Lipinski definition) is 7. The number of urea groups is 1. The van der Waals surface area contributed by atoms with Gasteiger partial charge in [0.25, 0.3) is 11.8 Å². The summed E-state index contributed by atoms with van der Waals surface area (Å²) in [6.45, 7) is 2.25. The Balaban J connectivity index is 1.87. The molecule has 1 spiro atoms. The fraction of sp³-hybridized carbons (Fsp3) is 0.688. The molecule has 2 fully saturated rings. The zero-order valence-corrected chi connectivity index (χ0v) is 14.8. The summed E-state index contributed by atoms with van der Waals surface area (Å²) in [6, 6.07) is -0.642. The third kappa shape index (κ3) is 4.12. The van der Waals surface area contributed by atoms with Gasteiger partial charge in [0.15, 0.2) is 6.61 Å². The highest BCUT2D eigenvalue weighted by Gasteiger charge is 2.55. The average Bonchev–Trinajstić information content (AvgIpc) is 2.81. The van der Waals surface area contributed by atoms with E-state index < -0.39 is 48.6 Å². The highest BCUT2D eigenvalue weighted by atomic mass is 16.6. The van der Waals surface area contributed by atoms with Crippen molar-refractivity contribution in [3.63, 3.8) is 0 Å². The van der Waals surface area contributed by atoms with E-state index in [1.807, 2.05) is 12.2 Å². The standard InChI is InChI=1S/C16H23N3O7/c1-3-25-15(24)17-11(20)9-26-12(21)8-19-13(22)16(18-14(19)23)7-5-4-6-10(16)2/h10H,3-9H2,1-2H3,(H,18,23)(H,17,20,24)/t10-,16-/m0/s1. The van der Waals surface area contributed by atoms with Gasteiger partial charge >= 0.3 is 18.1 Å². The number of carbonyl (C=O) groups excluding carboxylic acids is 5. The van der Waals surface area contributed by atoms with Crippen molar-refractivity contribution in [2.75, 3.05) is 19.8 Å². The zero-order valence-electron chi connectivity index (χ0n) is 14.8. The van der Waals surface area contributed by atoms with E-state index in [4.69, 9.17) is 4.74 Å². The van der Waals surface area contributed by atoms with Crippen molar-refractivity contribution >= 4 is 29.9 Å². The molecule has 5 amide bonds. The van der Waals surface area contributed by atoms with Gasteiger partial charge in [-0.1, -0.05) is 19.8 Å². The van der Waals surface area contributed by atoms with Crippen LogP contribution >= 0.6 is 0 Å². The van der Waals surface area contributed by atoms with Crippen molar-refractivity contribution in [2.45, 2.75) is 45.1 Å². The second-order valence-electron chi connectivity index (χ2n) is 6.37. The van der Waals surface area contributed by atoms with Crippen LogP contribution in [-0.4, -0.2) is 60.1 Å². The molecule has 0 aromatic heterocycles. The number of ether oxygens (including phenoxy) is 2. The van der Waals surface area contributed by atoms with Gasteiger partial charge in [-0.15, -0.1) is 0 Å². The van der Waals surface area contributed by atoms with E-state index in [0.717, 1.165) is 24.2 Å². The number of nitrogens with one attached hydrogen (secondary N) is 2. The molecule has 0 unspecified atom stereocenters. The lowest BCUT2D eigenvalue weighted by Gasteiger charge is -2.36. The summed E-state index contributed by atoms with van der Waals surface area (Å²) in [5.41, 5.74) is -0.961. The lowest BCUT2D eigenvalue weighted by molar-refractivity contribution is -0.151. The molecule has 10 nitrogen and oxygen atoms in total. The largest absolute Gasteiger partial charge is 0.454 e. The Morgan fingerprint density at radius 1 is 1.27 bits per heavy atom. The molecule has 2 rings (SSSR count). The lowest BCUT2D eigenvalue weighted by atomic mass is 9.73. The molecule has 2 atom stereocenters. The zero-order chi connectivity index (χ0) is 19.3. The summed E-state index contributed by atoms with van der Waals surface area (Å²) >= 11 is 0. The van der Waals surface area contributed by atoms with Crippen LogP contribution in [0.15, 0.2) is 0 Å². The first-order valence-electron chi connectivity index (χ1n) is 8.56. The van der Waals surface area contributed by atoms with Crippen LogP contribution in [0.25, 0.3) is 0 Å². The first-order chi connectivity index (χ1) is 12.3. The van der Waals surface area contributed by atoms with Crippen molar-refractivity contribution in [3.8, 4) is 0 Å². The highest BCUT2D eigenvalue weighted by molar-refractivity contribution is 6.09. The minimum atomic E-state index is -0.961. The second kappa shape index (κ2) is 8.15. The van der Waals surface area contributed by atoms with Crippen molar-refractivity contribution in [2.24, 2.45) is 5.92 Å². The van der Waals surface area contributed by atoms with E-state index >= 15 is 0 Å². The maximum absolute atomic E-state index is 12.7. The lowest BCUT2D eigenvalue weighted by Crippen LogP contribution is -2.54. The van der Waals surface area contributed by atoms with Gasteiger partial charge in [-0.3, -0.25) is 24.6 Å². The molecule has 26 heavy (non-hydrogen) atoms. The molecule has 1 saturated carbocycles. The van der Waals surface area contributed by atoms with Gasteiger partial charge in [0.1, 0.15) is 12.1 Å². The van der Waals surface area contributed by atoms with Crippen LogP contribution in [0.3, 0.4) is 0 Å². The SMILES string of the molecule is CCOC(=O)NC(=O)COC(=O)CN1C(=O)N[C@]2(CCCC[C@@H]2C)C1=O. The molecule has 1 heterocycles. The highest BCUT2D eigenvalue weighted by Crippen LogP contribution is 2.38. The van der Waals surface area contributed by atoms with Crippen molar-refractivity contribution < 1.29 is 33.4 Å². The molecule has 144 valence electrons. The first kappa shape index (κ1) is 19.7. The van der Waals surface area contributed by atoms with Crippen molar-refractivity contribution in [1.82, 2.24) is 15.5 Å². The fourth-order valence-electron chi connectivity index (χ4n) is 3.28. The second-order valence-corrected chi connectivity index (χ2v) is 6.37. The minimum absolute atomic E-state index is 0.0240. The molecule has 0 aromatic rings. The number of rotatable bonds is 5. The van der Waals surface area contributed by atoms with E-state index in [1.165, 1.54) is 0 Å². The topological polar surface area (TPSA) is 131 Å². The fourth-order valence-corrected chi connectivity index (χ4v) is 3.28. The molecule has 1 aliphatic heterocycles. The van der Waals surface area contributed by atoms with Crippen LogP contribution in [0.4, 0.5) is 9.59 Å². The maximum atomic E-state index is 12.7. The summed E-state index contributed by atoms with van der Waals surface area (Å²) in [7, 11) is 0. The van der Waals surface area contributed by atoms with E-state index in [-0.39, 0.29) is 12.5 Å². The molecule has 1 aliphatic carbocycles. The molecule has 2 N–H and O–H groups in total. The molecule has 0 aromatic carbocycles. The molecular weight excluding hydrogens is 346 g/mol. The normalized spacial score (nSPS) is 25.0. The van der Waals surface area contributed by atoms with Crippen LogP contribution in [0.5, 0.6) is 0 Å². The summed E-state index contributed by atoms with van der Waals surface area (Å²) < 4.78 is 9.22. The summed E-state index contributed by atoms with van der Waals surface area (Å²) in [4.78, 5) is 60.0. The van der Waals surface area contributed by atoms with E-state index in [2.05, 4.69) is 10.1 Å². The Morgan fingerprint density at radius 3 is 2.65 bits per heavy atom. The van der Waals surface area contributed by atoms with Crippen molar-refractivity contribution in [1.29, 1.82) is 0 Å². The Hall–Kier alpha value is -2.65. The molecule has 0 bridgehead atoms. The number of carbonyl (C=O) groups is 5. The monoisotopic (exact) mass is 369 g/mol. The number of nitrogens with zero attached hydrogens (tertiary/aromatic N) is 1. The molecular formula is C16H23N3O7. The molecule has 0 radical (unpaired) electrons. The van der Waals surface area contributed by atoms with Crippen LogP contribution in [0.1, 0.15) is 39.5 Å². The van der Waals surface area contributed by atoms with Crippen LogP contribution in [-0.2, 0) is 23.9 Å². The Labute approximate surface area is 150 Å². The molecule has 10 heteroatoms. The van der Waals surface area contributed by atoms with Gasteiger partial charge in [0.05, 0.1) is 6.61 Å². The molecule has 1 saturated heterocycles. The third-order valence-corrected chi connectivity index (χ3v) is 4.67. The number of imide groups is 2. The summed E-state index contributed by atoms with van der Waals surface area (Å²) in [6.07, 6.45) is 2.22. The number of esters is 1. The Bertz CT molecular complexity index is 621. The number of amides is 5. The summed E-state index contributed by atoms with van der Waals surface area (Å²) in [5.74, 6) is -2.26. The van der Waals surface area contributed by atoms with E-state index in [0.29, 0.717) is 6.42 Å². The minimum Gasteiger partial charge on any atom is -0.454 e. The average molecular weight is 369 g/mol. The van der Waals surface area contributed by atoms with Crippen LogP contribution in [0.2, 0.25) is 0 Å². The van der Waals surface area contributed by atoms with Crippen LogP contribution < -0.4 is 10.6 Å². The van der Waals surface area contributed by atoms with Gasteiger partial charge < -0.3 is 14.8 Å². The van der Waals surface area contributed by atoms with Gasteiger partial charge in [-0.2, -0.15) is 0 Å². The number of hydrogen-bond donors (Lipinski definition) is 2. The first-order valence-corrected chi connectivity index (χ1v) is 8.56. The van der Waals surface area contributed by atoms with Gasteiger partial charge in [0, 0.05) is 0 Å². The quantitative estimate of drug-likeness (QED) is 0.526. The molecule has 2 aliphatic rings.